The van der Waals surface area contributed by atoms with Gasteiger partial charge in [0.05, 0.1) is 7.11 Å². The van der Waals surface area contributed by atoms with Gasteiger partial charge in [-0.05, 0) is 55.3 Å². The van der Waals surface area contributed by atoms with Crippen LogP contribution in [-0.2, 0) is 11.3 Å². The predicted molar refractivity (Wildman–Crippen MR) is 95.7 cm³/mol. The number of carbonyl (C=O) groups is 1. The van der Waals surface area contributed by atoms with E-state index < -0.39 is 6.10 Å². The van der Waals surface area contributed by atoms with E-state index in [0.29, 0.717) is 17.3 Å². The van der Waals surface area contributed by atoms with Crippen molar-refractivity contribution in [3.05, 3.63) is 58.6 Å². The topological polar surface area (TPSA) is 38.8 Å². The first-order valence-corrected chi connectivity index (χ1v) is 8.09. The lowest BCUT2D eigenvalue weighted by atomic mass is 10.2. The molecule has 2 aromatic carbocycles. The van der Waals surface area contributed by atoms with Crippen LogP contribution in [0.3, 0.4) is 0 Å². The Morgan fingerprint density at radius 2 is 1.79 bits per heavy atom. The van der Waals surface area contributed by atoms with Gasteiger partial charge in [-0.25, -0.2) is 0 Å². The van der Waals surface area contributed by atoms with Crippen LogP contribution in [0.2, 0.25) is 5.02 Å². The molecule has 0 spiro atoms. The highest BCUT2D eigenvalue weighted by atomic mass is 35.5. The molecular weight excluding hydrogens is 326 g/mol. The van der Waals surface area contributed by atoms with Gasteiger partial charge in [0.1, 0.15) is 11.5 Å². The van der Waals surface area contributed by atoms with Crippen molar-refractivity contribution in [2.24, 2.45) is 0 Å². The maximum atomic E-state index is 12.5. The molecule has 0 aromatic heterocycles. The summed E-state index contributed by atoms with van der Waals surface area (Å²) in [5.41, 5.74) is 1.95. The molecule has 0 aliphatic heterocycles. The Balaban J connectivity index is 1.96. The lowest BCUT2D eigenvalue weighted by Crippen LogP contribution is -2.37. The average Bonchev–Trinajstić information content (AvgIpc) is 2.58. The van der Waals surface area contributed by atoms with Crippen molar-refractivity contribution < 1.29 is 14.3 Å². The molecule has 0 unspecified atom stereocenters. The van der Waals surface area contributed by atoms with Gasteiger partial charge in [-0.1, -0.05) is 23.7 Å². The van der Waals surface area contributed by atoms with Crippen LogP contribution in [0, 0.1) is 6.92 Å². The molecule has 0 N–H and O–H groups in total. The summed E-state index contributed by atoms with van der Waals surface area (Å²) in [6.07, 6.45) is -0.575. The molecule has 2 rings (SSSR count). The highest BCUT2D eigenvalue weighted by molar-refractivity contribution is 6.31. The summed E-state index contributed by atoms with van der Waals surface area (Å²) in [5, 5.41) is 0.679. The number of hydrogen-bond acceptors (Lipinski definition) is 3. The molecule has 5 heteroatoms. The summed E-state index contributed by atoms with van der Waals surface area (Å²) in [7, 11) is 3.39. The number of methoxy groups -OCH3 is 1. The third kappa shape index (κ3) is 4.65. The monoisotopic (exact) mass is 347 g/mol. The van der Waals surface area contributed by atoms with E-state index in [-0.39, 0.29) is 5.91 Å². The molecule has 0 heterocycles. The fourth-order valence-electron chi connectivity index (χ4n) is 2.34. The van der Waals surface area contributed by atoms with Crippen molar-refractivity contribution in [2.45, 2.75) is 26.5 Å². The zero-order chi connectivity index (χ0) is 17.7. The Morgan fingerprint density at radius 1 is 1.17 bits per heavy atom. The second-order valence-corrected chi connectivity index (χ2v) is 6.12. The second-order valence-electron chi connectivity index (χ2n) is 5.71. The highest BCUT2D eigenvalue weighted by Crippen LogP contribution is 2.22. The zero-order valence-electron chi connectivity index (χ0n) is 14.4. The molecule has 1 amide bonds. The van der Waals surface area contributed by atoms with Gasteiger partial charge >= 0.3 is 0 Å². The number of likely N-dealkylation sites (N-methyl/N-ethyl adjacent to an activating group) is 1. The van der Waals surface area contributed by atoms with Crippen molar-refractivity contribution in [3.8, 4) is 11.5 Å². The number of ether oxygens (including phenoxy) is 2. The first kappa shape index (κ1) is 18.1. The molecule has 128 valence electrons. The van der Waals surface area contributed by atoms with E-state index in [1.54, 1.807) is 38.1 Å². The minimum absolute atomic E-state index is 0.0848. The second kappa shape index (κ2) is 8.06. The first-order valence-electron chi connectivity index (χ1n) is 7.71. The van der Waals surface area contributed by atoms with Gasteiger partial charge < -0.3 is 14.4 Å². The number of aryl methyl sites for hydroxylation is 1. The lowest BCUT2D eigenvalue weighted by molar-refractivity contribution is -0.137. The van der Waals surface area contributed by atoms with Gasteiger partial charge in [-0.2, -0.15) is 0 Å². The Bertz CT molecular complexity index is 700. The minimum Gasteiger partial charge on any atom is -0.497 e. The summed E-state index contributed by atoms with van der Waals surface area (Å²) in [5.74, 6) is 1.34. The van der Waals surface area contributed by atoms with Crippen molar-refractivity contribution in [2.75, 3.05) is 14.2 Å². The number of rotatable bonds is 6. The molecule has 0 saturated carbocycles. The van der Waals surface area contributed by atoms with E-state index >= 15 is 0 Å². The molecular formula is C19H22ClNO3. The van der Waals surface area contributed by atoms with E-state index in [0.717, 1.165) is 16.9 Å². The third-order valence-electron chi connectivity index (χ3n) is 3.75. The van der Waals surface area contributed by atoms with E-state index in [4.69, 9.17) is 21.1 Å². The number of hydrogen-bond donors (Lipinski definition) is 0. The van der Waals surface area contributed by atoms with Crippen molar-refractivity contribution in [3.63, 3.8) is 0 Å². The van der Waals surface area contributed by atoms with Gasteiger partial charge in [0.15, 0.2) is 6.10 Å². The summed E-state index contributed by atoms with van der Waals surface area (Å²) in [6, 6.07) is 13.0. The van der Waals surface area contributed by atoms with E-state index in [1.807, 2.05) is 37.3 Å². The van der Waals surface area contributed by atoms with Crippen molar-refractivity contribution in [1.82, 2.24) is 4.90 Å². The van der Waals surface area contributed by atoms with E-state index in [9.17, 15) is 4.79 Å². The average molecular weight is 348 g/mol. The molecule has 0 bridgehead atoms. The summed E-state index contributed by atoms with van der Waals surface area (Å²) < 4.78 is 10.9. The molecule has 1 atom stereocenters. The van der Waals surface area contributed by atoms with Crippen molar-refractivity contribution >= 4 is 17.5 Å². The SMILES string of the molecule is COc1ccc(CN(C)C(=O)[C@H](C)Oc2ccc(Cl)c(C)c2)cc1. The largest absolute Gasteiger partial charge is 0.497 e. The fourth-order valence-corrected chi connectivity index (χ4v) is 2.46. The van der Waals surface area contributed by atoms with Gasteiger partial charge in [-0.3, -0.25) is 4.79 Å². The molecule has 24 heavy (non-hydrogen) atoms. The van der Waals surface area contributed by atoms with Crippen LogP contribution in [0.25, 0.3) is 0 Å². The Kier molecular flexibility index (Phi) is 6.10. The molecule has 0 aliphatic rings. The van der Waals surface area contributed by atoms with Crippen LogP contribution in [0.5, 0.6) is 11.5 Å². The number of halogens is 1. The van der Waals surface area contributed by atoms with Crippen LogP contribution < -0.4 is 9.47 Å². The number of amides is 1. The zero-order valence-corrected chi connectivity index (χ0v) is 15.1. The Morgan fingerprint density at radius 3 is 2.38 bits per heavy atom. The third-order valence-corrected chi connectivity index (χ3v) is 4.17. The van der Waals surface area contributed by atoms with Crippen molar-refractivity contribution in [1.29, 1.82) is 0 Å². The quantitative estimate of drug-likeness (QED) is 0.790. The molecule has 2 aromatic rings. The standard InChI is InChI=1S/C19H22ClNO3/c1-13-11-17(9-10-18(13)20)24-14(2)19(22)21(3)12-15-5-7-16(23-4)8-6-15/h5-11,14H,12H2,1-4H3/t14-/m0/s1. The Hall–Kier alpha value is -2.20. The number of benzene rings is 2. The summed E-state index contributed by atoms with van der Waals surface area (Å²) in [4.78, 5) is 14.1. The van der Waals surface area contributed by atoms with E-state index in [1.165, 1.54) is 0 Å². The molecule has 0 aliphatic carbocycles. The first-order chi connectivity index (χ1) is 11.4. The van der Waals surface area contributed by atoms with Gasteiger partial charge in [0.2, 0.25) is 0 Å². The molecule has 0 fully saturated rings. The molecule has 0 radical (unpaired) electrons. The smallest absolute Gasteiger partial charge is 0.263 e. The summed E-state index contributed by atoms with van der Waals surface area (Å²) >= 11 is 6.00. The fraction of sp³-hybridized carbons (Fsp3) is 0.316. The van der Waals surface area contributed by atoms with Gasteiger partial charge in [0, 0.05) is 18.6 Å². The van der Waals surface area contributed by atoms with Crippen LogP contribution in [0.1, 0.15) is 18.1 Å². The van der Waals surface area contributed by atoms with Crippen LogP contribution in [0.4, 0.5) is 0 Å². The normalized spacial score (nSPS) is 11.7. The van der Waals surface area contributed by atoms with Crippen LogP contribution in [-0.4, -0.2) is 31.1 Å². The summed E-state index contributed by atoms with van der Waals surface area (Å²) in [6.45, 7) is 4.16. The number of carbonyl (C=O) groups excluding carboxylic acids is 1. The van der Waals surface area contributed by atoms with E-state index in [2.05, 4.69) is 0 Å². The molecule has 0 saturated heterocycles. The Labute approximate surface area is 147 Å². The maximum Gasteiger partial charge on any atom is 0.263 e. The minimum atomic E-state index is -0.575. The van der Waals surface area contributed by atoms with Crippen LogP contribution in [0.15, 0.2) is 42.5 Å². The van der Waals surface area contributed by atoms with Gasteiger partial charge in [-0.15, -0.1) is 0 Å². The lowest BCUT2D eigenvalue weighted by Gasteiger charge is -2.22. The predicted octanol–water partition coefficient (Wildman–Crippen LogP) is 4.08. The van der Waals surface area contributed by atoms with Crippen LogP contribution >= 0.6 is 11.6 Å². The maximum absolute atomic E-state index is 12.5. The highest BCUT2D eigenvalue weighted by Gasteiger charge is 2.19. The molecule has 4 nitrogen and oxygen atoms in total. The number of nitrogens with zero attached hydrogens (tertiary/aromatic N) is 1. The van der Waals surface area contributed by atoms with Gasteiger partial charge in [0.25, 0.3) is 5.91 Å².